The van der Waals surface area contributed by atoms with Gasteiger partial charge in [0.1, 0.15) is 0 Å². The van der Waals surface area contributed by atoms with Crippen molar-refractivity contribution in [2.24, 2.45) is 5.92 Å². The molecule has 1 fully saturated rings. The van der Waals surface area contributed by atoms with Crippen molar-refractivity contribution in [3.8, 4) is 17.6 Å². The maximum absolute atomic E-state index is 11.1. The van der Waals surface area contributed by atoms with E-state index < -0.39 is 16.5 Å². The van der Waals surface area contributed by atoms with Gasteiger partial charge in [-0.25, -0.2) is 0 Å². The van der Waals surface area contributed by atoms with E-state index in [0.717, 1.165) is 31.0 Å². The maximum Gasteiger partial charge on any atom is 0.311 e. The highest BCUT2D eigenvalue weighted by Gasteiger charge is 2.24. The lowest BCUT2D eigenvalue weighted by Gasteiger charge is -2.21. The summed E-state index contributed by atoms with van der Waals surface area (Å²) in [5.41, 5.74) is -1.44. The van der Waals surface area contributed by atoms with Crippen LogP contribution in [0.4, 0.5) is 5.69 Å². The van der Waals surface area contributed by atoms with Gasteiger partial charge < -0.3 is 14.6 Å². The van der Waals surface area contributed by atoms with Gasteiger partial charge in [-0.15, -0.1) is 0 Å². The SMILES string of the molecule is CC(C)(C#CC1CCCC1)Oc1cc(C(=O)[O-])ccc1[N+](=O)[O-]. The van der Waals surface area contributed by atoms with E-state index in [4.69, 9.17) is 4.74 Å². The minimum Gasteiger partial charge on any atom is -0.545 e. The fourth-order valence-electron chi connectivity index (χ4n) is 2.52. The molecule has 0 aliphatic heterocycles. The van der Waals surface area contributed by atoms with Crippen molar-refractivity contribution >= 4 is 11.7 Å². The van der Waals surface area contributed by atoms with Crippen molar-refractivity contribution in [3.05, 3.63) is 33.9 Å². The Labute approximate surface area is 134 Å². The number of nitro benzene ring substituents is 1. The van der Waals surface area contributed by atoms with Crippen LogP contribution in [-0.2, 0) is 0 Å². The predicted molar refractivity (Wildman–Crippen MR) is 81.9 cm³/mol. The van der Waals surface area contributed by atoms with E-state index in [1.165, 1.54) is 12.8 Å². The second-order valence-electron chi connectivity index (χ2n) is 6.09. The van der Waals surface area contributed by atoms with Gasteiger partial charge in [0.15, 0.2) is 11.4 Å². The Morgan fingerprint density at radius 2 is 2.00 bits per heavy atom. The Kier molecular flexibility index (Phi) is 4.89. The van der Waals surface area contributed by atoms with Crippen LogP contribution in [0.15, 0.2) is 18.2 Å². The zero-order valence-electron chi connectivity index (χ0n) is 13.1. The average molecular weight is 316 g/mol. The van der Waals surface area contributed by atoms with Gasteiger partial charge in [0.05, 0.1) is 10.9 Å². The van der Waals surface area contributed by atoms with E-state index in [1.807, 2.05) is 0 Å². The molecule has 0 heterocycles. The Morgan fingerprint density at radius 3 is 2.57 bits per heavy atom. The van der Waals surface area contributed by atoms with Crippen LogP contribution in [0.25, 0.3) is 0 Å². The Bertz CT molecular complexity index is 678. The first-order chi connectivity index (χ1) is 10.8. The summed E-state index contributed by atoms with van der Waals surface area (Å²) in [6, 6.07) is 3.32. The number of nitrogens with zero attached hydrogens (tertiary/aromatic N) is 1. The third-order valence-corrected chi connectivity index (χ3v) is 3.69. The number of carbonyl (C=O) groups is 1. The van der Waals surface area contributed by atoms with Crippen molar-refractivity contribution in [1.29, 1.82) is 0 Å². The molecule has 0 N–H and O–H groups in total. The molecule has 2 rings (SSSR count). The van der Waals surface area contributed by atoms with Crippen LogP contribution in [0.3, 0.4) is 0 Å². The molecule has 23 heavy (non-hydrogen) atoms. The lowest BCUT2D eigenvalue weighted by Crippen LogP contribution is -2.27. The van der Waals surface area contributed by atoms with E-state index in [-0.39, 0.29) is 17.0 Å². The summed E-state index contributed by atoms with van der Waals surface area (Å²) in [4.78, 5) is 21.4. The zero-order chi connectivity index (χ0) is 17.0. The molecule has 0 unspecified atom stereocenters. The summed E-state index contributed by atoms with van der Waals surface area (Å²) in [6.07, 6.45) is 4.45. The molecular formula is C17H18NO5-. The number of hydrogen-bond acceptors (Lipinski definition) is 5. The third-order valence-electron chi connectivity index (χ3n) is 3.69. The average Bonchev–Trinajstić information content (AvgIpc) is 2.97. The molecule has 0 radical (unpaired) electrons. The number of benzene rings is 1. The first-order valence-electron chi connectivity index (χ1n) is 7.50. The monoisotopic (exact) mass is 316 g/mol. The number of carboxylic acid groups (broad SMARTS) is 1. The third kappa shape index (κ3) is 4.46. The van der Waals surface area contributed by atoms with E-state index in [1.54, 1.807) is 13.8 Å². The summed E-state index contributed by atoms with van der Waals surface area (Å²) >= 11 is 0. The van der Waals surface area contributed by atoms with Gasteiger partial charge in [-0.1, -0.05) is 24.7 Å². The number of rotatable bonds is 4. The smallest absolute Gasteiger partial charge is 0.311 e. The first-order valence-corrected chi connectivity index (χ1v) is 7.50. The van der Waals surface area contributed by atoms with Crippen LogP contribution in [0.1, 0.15) is 49.9 Å². The summed E-state index contributed by atoms with van der Waals surface area (Å²) in [5.74, 6) is 4.96. The van der Waals surface area contributed by atoms with Crippen molar-refractivity contribution < 1.29 is 19.6 Å². The van der Waals surface area contributed by atoms with Gasteiger partial charge in [0, 0.05) is 17.5 Å². The van der Waals surface area contributed by atoms with Crippen molar-refractivity contribution in [1.82, 2.24) is 0 Å². The molecule has 0 atom stereocenters. The molecule has 0 bridgehead atoms. The lowest BCUT2D eigenvalue weighted by molar-refractivity contribution is -0.386. The van der Waals surface area contributed by atoms with Crippen LogP contribution in [0, 0.1) is 27.9 Å². The standard InChI is InChI=1S/C17H19NO5/c1-17(2,10-9-12-5-3-4-6-12)23-15-11-13(16(19)20)7-8-14(15)18(21)22/h7-8,11-12H,3-6H2,1-2H3,(H,19,20)/p-1. The molecule has 0 spiro atoms. The molecule has 1 aliphatic carbocycles. The van der Waals surface area contributed by atoms with Crippen molar-refractivity contribution in [2.45, 2.75) is 45.1 Å². The summed E-state index contributed by atoms with van der Waals surface area (Å²) in [7, 11) is 0. The molecule has 1 aliphatic rings. The second kappa shape index (κ2) is 6.69. The first kappa shape index (κ1) is 16.8. The van der Waals surface area contributed by atoms with Crippen molar-refractivity contribution in [2.75, 3.05) is 0 Å². The summed E-state index contributed by atoms with van der Waals surface area (Å²) in [6.45, 7) is 3.40. The molecule has 1 aromatic carbocycles. The fourth-order valence-corrected chi connectivity index (χ4v) is 2.52. The molecular weight excluding hydrogens is 298 g/mol. The maximum atomic E-state index is 11.1. The lowest BCUT2D eigenvalue weighted by atomic mass is 10.1. The van der Waals surface area contributed by atoms with Crippen LogP contribution < -0.4 is 9.84 Å². The van der Waals surface area contributed by atoms with E-state index in [2.05, 4.69) is 11.8 Å². The highest BCUT2D eigenvalue weighted by atomic mass is 16.6. The Hall–Kier alpha value is -2.55. The van der Waals surface area contributed by atoms with Crippen molar-refractivity contribution in [3.63, 3.8) is 0 Å². The molecule has 0 amide bonds. The van der Waals surface area contributed by atoms with Crippen LogP contribution in [-0.4, -0.2) is 16.5 Å². The van der Waals surface area contributed by atoms with E-state index >= 15 is 0 Å². The van der Waals surface area contributed by atoms with E-state index in [0.29, 0.717) is 5.92 Å². The quantitative estimate of drug-likeness (QED) is 0.483. The molecule has 1 aromatic rings. The summed E-state index contributed by atoms with van der Waals surface area (Å²) < 4.78 is 5.64. The molecule has 0 saturated heterocycles. The molecule has 1 saturated carbocycles. The van der Waals surface area contributed by atoms with Crippen LogP contribution in [0.5, 0.6) is 5.75 Å². The molecule has 6 heteroatoms. The second-order valence-corrected chi connectivity index (χ2v) is 6.09. The molecule has 0 aromatic heterocycles. The van der Waals surface area contributed by atoms with Crippen LogP contribution in [0.2, 0.25) is 0 Å². The van der Waals surface area contributed by atoms with Gasteiger partial charge in [-0.3, -0.25) is 10.1 Å². The van der Waals surface area contributed by atoms with Gasteiger partial charge >= 0.3 is 5.69 Å². The highest BCUT2D eigenvalue weighted by molar-refractivity contribution is 5.87. The van der Waals surface area contributed by atoms with Gasteiger partial charge in [-0.05, 0) is 38.8 Å². The molecule has 122 valence electrons. The number of hydrogen-bond donors (Lipinski definition) is 0. The summed E-state index contributed by atoms with van der Waals surface area (Å²) in [5, 5.41) is 22.0. The minimum absolute atomic E-state index is 0.123. The number of carbonyl (C=O) groups excluding carboxylic acids is 1. The van der Waals surface area contributed by atoms with Gasteiger partial charge in [-0.2, -0.15) is 0 Å². The van der Waals surface area contributed by atoms with Crippen LogP contribution >= 0.6 is 0 Å². The number of carboxylic acids is 1. The number of ether oxygens (including phenoxy) is 1. The normalized spacial score (nSPS) is 14.9. The predicted octanol–water partition coefficient (Wildman–Crippen LogP) is 2.31. The zero-order valence-corrected chi connectivity index (χ0v) is 13.1. The minimum atomic E-state index is -1.42. The Balaban J connectivity index is 2.27. The highest BCUT2D eigenvalue weighted by Crippen LogP contribution is 2.31. The van der Waals surface area contributed by atoms with Gasteiger partial charge in [0.2, 0.25) is 0 Å². The fraction of sp³-hybridized carbons (Fsp3) is 0.471. The van der Waals surface area contributed by atoms with E-state index in [9.17, 15) is 20.0 Å². The molecule has 6 nitrogen and oxygen atoms in total. The largest absolute Gasteiger partial charge is 0.545 e. The van der Waals surface area contributed by atoms with Gasteiger partial charge in [0.25, 0.3) is 0 Å². The number of aromatic carboxylic acids is 1. The Morgan fingerprint density at radius 1 is 1.35 bits per heavy atom. The topological polar surface area (TPSA) is 92.5 Å². The number of nitro groups is 1.